The Bertz CT molecular complexity index is 772. The highest BCUT2D eigenvalue weighted by Gasteiger charge is 2.26. The summed E-state index contributed by atoms with van der Waals surface area (Å²) in [4.78, 5) is 23.7. The molecule has 1 heterocycles. The molecule has 1 aromatic carbocycles. The minimum atomic E-state index is -0.525. The van der Waals surface area contributed by atoms with Gasteiger partial charge in [0.2, 0.25) is 11.6 Å². The summed E-state index contributed by atoms with van der Waals surface area (Å²) in [5.74, 6) is -0.355. The van der Waals surface area contributed by atoms with Gasteiger partial charge in [-0.15, -0.1) is 0 Å². The first-order chi connectivity index (χ1) is 10.1. The molecule has 0 spiro atoms. The van der Waals surface area contributed by atoms with Crippen molar-refractivity contribution in [3.8, 4) is 0 Å². The van der Waals surface area contributed by atoms with Gasteiger partial charge in [0.05, 0.1) is 5.70 Å². The van der Waals surface area contributed by atoms with Crippen LogP contribution < -0.4 is 5.32 Å². The van der Waals surface area contributed by atoms with Crippen molar-refractivity contribution in [3.63, 3.8) is 0 Å². The first-order valence-corrected chi connectivity index (χ1v) is 6.73. The van der Waals surface area contributed by atoms with Gasteiger partial charge in [0.1, 0.15) is 11.4 Å². The third-order valence-corrected chi connectivity index (χ3v) is 3.49. The predicted octanol–water partition coefficient (Wildman–Crippen LogP) is 2.76. The number of allylic oxidation sites excluding steroid dienone is 1. The van der Waals surface area contributed by atoms with Gasteiger partial charge in [0, 0.05) is 17.2 Å². The first-order valence-electron chi connectivity index (χ1n) is 6.73. The summed E-state index contributed by atoms with van der Waals surface area (Å²) < 4.78 is 5.17. The lowest BCUT2D eigenvalue weighted by Crippen LogP contribution is -2.21. The summed E-state index contributed by atoms with van der Waals surface area (Å²) in [7, 11) is 0. The molecule has 5 heteroatoms. The van der Waals surface area contributed by atoms with E-state index in [9.17, 15) is 9.59 Å². The number of Topliss-reactive ketones (excluding diaryl/α,β-unsaturated/α-hetero) is 1. The molecule has 0 unspecified atom stereocenters. The molecule has 1 aliphatic rings. The van der Waals surface area contributed by atoms with Gasteiger partial charge < -0.3 is 9.84 Å². The SMILES string of the molecule is CCc1noc(C)c1NC1=CC(=O)C(=O)c2ccccc21. The second kappa shape index (κ2) is 5.01. The molecular formula is C16H14N2O3. The molecular weight excluding hydrogens is 268 g/mol. The number of hydrogen-bond donors (Lipinski definition) is 1. The van der Waals surface area contributed by atoms with Crippen LogP contribution in [-0.2, 0) is 11.2 Å². The fourth-order valence-electron chi connectivity index (χ4n) is 2.38. The Kier molecular flexibility index (Phi) is 3.17. The highest BCUT2D eigenvalue weighted by atomic mass is 16.5. The maximum Gasteiger partial charge on any atom is 0.233 e. The molecule has 1 aromatic heterocycles. The van der Waals surface area contributed by atoms with E-state index in [1.165, 1.54) is 6.08 Å². The van der Waals surface area contributed by atoms with E-state index in [2.05, 4.69) is 10.5 Å². The number of nitrogens with one attached hydrogen (secondary N) is 1. The average Bonchev–Trinajstić information content (AvgIpc) is 2.85. The molecule has 3 rings (SSSR count). The number of aryl methyl sites for hydroxylation is 2. The third kappa shape index (κ3) is 2.16. The van der Waals surface area contributed by atoms with E-state index in [1.807, 2.05) is 19.1 Å². The Morgan fingerprint density at radius 1 is 1.19 bits per heavy atom. The topological polar surface area (TPSA) is 72.2 Å². The zero-order valence-electron chi connectivity index (χ0n) is 11.8. The number of aromatic nitrogens is 1. The number of hydrogen-bond acceptors (Lipinski definition) is 5. The van der Waals surface area contributed by atoms with Gasteiger partial charge in [0.25, 0.3) is 0 Å². The number of nitrogens with zero attached hydrogens (tertiary/aromatic N) is 1. The Hall–Kier alpha value is -2.69. The van der Waals surface area contributed by atoms with Crippen LogP contribution >= 0.6 is 0 Å². The van der Waals surface area contributed by atoms with Crippen molar-refractivity contribution in [3.05, 3.63) is 52.9 Å². The quantitative estimate of drug-likeness (QED) is 0.876. The summed E-state index contributed by atoms with van der Waals surface area (Å²) >= 11 is 0. The Morgan fingerprint density at radius 2 is 1.90 bits per heavy atom. The fourth-order valence-corrected chi connectivity index (χ4v) is 2.38. The molecule has 0 saturated carbocycles. The normalized spacial score (nSPS) is 13.9. The Labute approximate surface area is 121 Å². The molecule has 106 valence electrons. The van der Waals surface area contributed by atoms with Crippen molar-refractivity contribution < 1.29 is 14.1 Å². The monoisotopic (exact) mass is 282 g/mol. The molecule has 0 radical (unpaired) electrons. The maximum absolute atomic E-state index is 11.9. The summed E-state index contributed by atoms with van der Waals surface area (Å²) in [6.45, 7) is 3.77. The Morgan fingerprint density at radius 3 is 2.62 bits per heavy atom. The standard InChI is InChI=1S/C16H14N2O3/c1-3-12-15(9(2)21-18-12)17-13-8-14(19)16(20)11-7-5-4-6-10(11)13/h4-8,17H,3H2,1-2H3. The molecule has 0 bridgehead atoms. The van der Waals surface area contributed by atoms with Gasteiger partial charge in [-0.25, -0.2) is 0 Å². The lowest BCUT2D eigenvalue weighted by atomic mass is 9.92. The van der Waals surface area contributed by atoms with Crippen LogP contribution in [0.15, 0.2) is 34.9 Å². The predicted molar refractivity (Wildman–Crippen MR) is 78.0 cm³/mol. The van der Waals surface area contributed by atoms with Gasteiger partial charge in [-0.2, -0.15) is 0 Å². The Balaban J connectivity index is 2.06. The lowest BCUT2D eigenvalue weighted by Gasteiger charge is -2.17. The molecule has 0 atom stereocenters. The van der Waals surface area contributed by atoms with E-state index >= 15 is 0 Å². The van der Waals surface area contributed by atoms with E-state index in [1.54, 1.807) is 19.1 Å². The van der Waals surface area contributed by atoms with Crippen LogP contribution in [0, 0.1) is 6.92 Å². The van der Waals surface area contributed by atoms with E-state index in [4.69, 9.17) is 4.52 Å². The van der Waals surface area contributed by atoms with Crippen LogP contribution in [0.5, 0.6) is 0 Å². The van der Waals surface area contributed by atoms with Crippen LogP contribution in [0.1, 0.15) is 34.3 Å². The smallest absolute Gasteiger partial charge is 0.233 e. The number of fused-ring (bicyclic) bond motifs is 1. The van der Waals surface area contributed by atoms with Gasteiger partial charge in [-0.05, 0) is 13.3 Å². The zero-order valence-corrected chi connectivity index (χ0v) is 11.8. The molecule has 1 aliphatic carbocycles. The number of carbonyl (C=O) groups is 2. The summed E-state index contributed by atoms with van der Waals surface area (Å²) in [5.41, 5.74) is 3.26. The summed E-state index contributed by atoms with van der Waals surface area (Å²) in [6, 6.07) is 7.05. The summed E-state index contributed by atoms with van der Waals surface area (Å²) in [6.07, 6.45) is 2.04. The molecule has 2 aromatic rings. The molecule has 0 aliphatic heterocycles. The van der Waals surface area contributed by atoms with E-state index in [0.29, 0.717) is 29.0 Å². The van der Waals surface area contributed by atoms with Crippen molar-refractivity contribution in [2.75, 3.05) is 5.32 Å². The van der Waals surface area contributed by atoms with E-state index in [0.717, 1.165) is 11.4 Å². The van der Waals surface area contributed by atoms with Crippen LogP contribution in [0.25, 0.3) is 5.70 Å². The largest absolute Gasteiger partial charge is 0.359 e. The van der Waals surface area contributed by atoms with Gasteiger partial charge in [-0.3, -0.25) is 9.59 Å². The van der Waals surface area contributed by atoms with Crippen LogP contribution in [0.2, 0.25) is 0 Å². The van der Waals surface area contributed by atoms with Crippen molar-refractivity contribution in [1.82, 2.24) is 5.16 Å². The minimum Gasteiger partial charge on any atom is -0.359 e. The zero-order chi connectivity index (χ0) is 15.0. The minimum absolute atomic E-state index is 0.416. The second-order valence-corrected chi connectivity index (χ2v) is 4.84. The van der Waals surface area contributed by atoms with E-state index in [-0.39, 0.29) is 0 Å². The van der Waals surface area contributed by atoms with Crippen LogP contribution in [0.4, 0.5) is 5.69 Å². The van der Waals surface area contributed by atoms with Gasteiger partial charge in [0.15, 0.2) is 5.76 Å². The number of anilines is 1. The second-order valence-electron chi connectivity index (χ2n) is 4.84. The van der Waals surface area contributed by atoms with E-state index < -0.39 is 11.6 Å². The summed E-state index contributed by atoms with van der Waals surface area (Å²) in [5, 5.41) is 7.16. The molecule has 0 saturated heterocycles. The maximum atomic E-state index is 11.9. The molecule has 1 N–H and O–H groups in total. The third-order valence-electron chi connectivity index (χ3n) is 3.49. The van der Waals surface area contributed by atoms with Crippen molar-refractivity contribution in [2.45, 2.75) is 20.3 Å². The van der Waals surface area contributed by atoms with Crippen molar-refractivity contribution in [2.24, 2.45) is 0 Å². The molecule has 21 heavy (non-hydrogen) atoms. The molecule has 5 nitrogen and oxygen atoms in total. The molecule has 0 amide bonds. The molecule has 0 fully saturated rings. The van der Waals surface area contributed by atoms with Crippen LogP contribution in [0.3, 0.4) is 0 Å². The highest BCUT2D eigenvalue weighted by Crippen LogP contribution is 2.29. The fraction of sp³-hybridized carbons (Fsp3) is 0.188. The van der Waals surface area contributed by atoms with Crippen LogP contribution in [-0.4, -0.2) is 16.7 Å². The number of rotatable bonds is 3. The van der Waals surface area contributed by atoms with Gasteiger partial charge in [-0.1, -0.05) is 36.3 Å². The number of carbonyl (C=O) groups excluding carboxylic acids is 2. The van der Waals surface area contributed by atoms with Gasteiger partial charge >= 0.3 is 0 Å². The first kappa shape index (κ1) is 13.3. The highest BCUT2D eigenvalue weighted by molar-refractivity contribution is 6.50. The number of benzene rings is 1. The lowest BCUT2D eigenvalue weighted by molar-refractivity contribution is -0.111. The average molecular weight is 282 g/mol. The number of ketones is 2. The van der Waals surface area contributed by atoms with Crippen molar-refractivity contribution in [1.29, 1.82) is 0 Å². The van der Waals surface area contributed by atoms with Crippen molar-refractivity contribution >= 4 is 23.0 Å².